The van der Waals surface area contributed by atoms with Crippen LogP contribution in [0.4, 0.5) is 11.4 Å². The van der Waals surface area contributed by atoms with Crippen LogP contribution in [0.25, 0.3) is 11.1 Å². The third-order valence-corrected chi connectivity index (χ3v) is 4.88. The standard InChI is InChI=1S/C21H21N3O4/c1-12-4-6-19(27-3)17(8-12)24-11-14(9-20(24)25)21(26)23-15-5-7-18-16(10-15)22-13(2)28-18/h4-8,10,14H,9,11H2,1-3H3,(H,23,26). The molecular formula is C21H21N3O4. The fraction of sp³-hybridized carbons (Fsp3) is 0.286. The fourth-order valence-electron chi connectivity index (χ4n) is 3.49. The maximum Gasteiger partial charge on any atom is 0.229 e. The third-order valence-electron chi connectivity index (χ3n) is 4.88. The van der Waals surface area contributed by atoms with Gasteiger partial charge >= 0.3 is 0 Å². The molecule has 2 aromatic carbocycles. The van der Waals surface area contributed by atoms with Gasteiger partial charge in [0.1, 0.15) is 11.3 Å². The predicted octanol–water partition coefficient (Wildman–Crippen LogP) is 3.44. The molecule has 1 saturated heterocycles. The number of hydrogen-bond donors (Lipinski definition) is 1. The lowest BCUT2D eigenvalue weighted by Gasteiger charge is -2.20. The minimum atomic E-state index is -0.438. The Morgan fingerprint density at radius 3 is 2.86 bits per heavy atom. The number of aromatic nitrogens is 1. The Balaban J connectivity index is 1.51. The minimum absolute atomic E-state index is 0.0911. The Kier molecular flexibility index (Phi) is 4.50. The molecule has 1 fully saturated rings. The van der Waals surface area contributed by atoms with Gasteiger partial charge < -0.3 is 19.4 Å². The average molecular weight is 379 g/mol. The van der Waals surface area contributed by atoms with Crippen molar-refractivity contribution in [2.75, 3.05) is 23.9 Å². The first-order chi connectivity index (χ1) is 13.4. The molecule has 0 bridgehead atoms. The maximum atomic E-state index is 12.7. The lowest BCUT2D eigenvalue weighted by atomic mass is 10.1. The van der Waals surface area contributed by atoms with Crippen LogP contribution in [-0.2, 0) is 9.59 Å². The highest BCUT2D eigenvalue weighted by atomic mass is 16.5. The number of aryl methyl sites for hydroxylation is 2. The van der Waals surface area contributed by atoms with E-state index >= 15 is 0 Å². The van der Waals surface area contributed by atoms with Gasteiger partial charge in [-0.2, -0.15) is 0 Å². The lowest BCUT2D eigenvalue weighted by Crippen LogP contribution is -2.28. The van der Waals surface area contributed by atoms with E-state index in [0.717, 1.165) is 5.56 Å². The first kappa shape index (κ1) is 18.0. The molecule has 0 saturated carbocycles. The summed E-state index contributed by atoms with van der Waals surface area (Å²) in [6.45, 7) is 4.04. The molecule has 7 nitrogen and oxygen atoms in total. The zero-order chi connectivity index (χ0) is 19.8. The molecule has 1 aliphatic rings. The van der Waals surface area contributed by atoms with Gasteiger partial charge in [-0.1, -0.05) is 6.07 Å². The molecule has 2 amide bonds. The van der Waals surface area contributed by atoms with Gasteiger partial charge in [-0.05, 0) is 42.8 Å². The number of nitrogens with one attached hydrogen (secondary N) is 1. The summed E-state index contributed by atoms with van der Waals surface area (Å²) in [7, 11) is 1.57. The lowest BCUT2D eigenvalue weighted by molar-refractivity contribution is -0.122. The van der Waals surface area contributed by atoms with Gasteiger partial charge in [-0.15, -0.1) is 0 Å². The molecule has 0 aliphatic carbocycles. The second kappa shape index (κ2) is 6.99. The van der Waals surface area contributed by atoms with Gasteiger partial charge in [0.05, 0.1) is 18.7 Å². The summed E-state index contributed by atoms with van der Waals surface area (Å²) in [5.74, 6) is 0.468. The summed E-state index contributed by atoms with van der Waals surface area (Å²) in [5.41, 5.74) is 3.70. The molecule has 1 atom stereocenters. The van der Waals surface area contributed by atoms with Gasteiger partial charge in [-0.3, -0.25) is 9.59 Å². The Morgan fingerprint density at radius 1 is 1.25 bits per heavy atom. The fourth-order valence-corrected chi connectivity index (χ4v) is 3.49. The first-order valence-electron chi connectivity index (χ1n) is 9.07. The van der Waals surface area contributed by atoms with Crippen molar-refractivity contribution >= 4 is 34.3 Å². The van der Waals surface area contributed by atoms with E-state index in [1.165, 1.54) is 0 Å². The highest BCUT2D eigenvalue weighted by Gasteiger charge is 2.36. The number of amides is 2. The van der Waals surface area contributed by atoms with Gasteiger partial charge in [0, 0.05) is 25.6 Å². The van der Waals surface area contributed by atoms with Crippen molar-refractivity contribution in [3.05, 3.63) is 47.9 Å². The number of carbonyl (C=O) groups is 2. The summed E-state index contributed by atoms with van der Waals surface area (Å²) in [4.78, 5) is 31.2. The maximum absolute atomic E-state index is 12.7. The number of rotatable bonds is 4. The summed E-state index contributed by atoms with van der Waals surface area (Å²) in [6, 6.07) is 11.0. The van der Waals surface area contributed by atoms with Crippen LogP contribution in [0.15, 0.2) is 40.8 Å². The van der Waals surface area contributed by atoms with Crippen molar-refractivity contribution in [3.8, 4) is 5.75 Å². The zero-order valence-corrected chi connectivity index (χ0v) is 16.0. The Labute approximate surface area is 162 Å². The van der Waals surface area contributed by atoms with Crippen molar-refractivity contribution < 1.29 is 18.7 Å². The van der Waals surface area contributed by atoms with Gasteiger partial charge in [0.15, 0.2) is 11.5 Å². The predicted molar refractivity (Wildman–Crippen MR) is 106 cm³/mol. The smallest absolute Gasteiger partial charge is 0.229 e. The Bertz CT molecular complexity index is 1070. The molecule has 4 rings (SSSR count). The van der Waals surface area contributed by atoms with Crippen LogP contribution in [0, 0.1) is 19.8 Å². The largest absolute Gasteiger partial charge is 0.495 e. The summed E-state index contributed by atoms with van der Waals surface area (Å²) >= 11 is 0. The molecule has 1 aliphatic heterocycles. The molecule has 0 radical (unpaired) electrons. The molecule has 144 valence electrons. The summed E-state index contributed by atoms with van der Waals surface area (Å²) in [6.07, 6.45) is 0.161. The van der Waals surface area contributed by atoms with E-state index < -0.39 is 5.92 Å². The number of nitrogens with zero attached hydrogens (tertiary/aromatic N) is 2. The van der Waals surface area contributed by atoms with Crippen LogP contribution in [0.5, 0.6) is 5.75 Å². The number of methoxy groups -OCH3 is 1. The van der Waals surface area contributed by atoms with Crippen LogP contribution < -0.4 is 15.0 Å². The monoisotopic (exact) mass is 379 g/mol. The van der Waals surface area contributed by atoms with E-state index in [1.54, 1.807) is 37.1 Å². The number of hydrogen-bond acceptors (Lipinski definition) is 5. The SMILES string of the molecule is COc1ccc(C)cc1N1CC(C(=O)Nc2ccc3oc(C)nc3c2)CC1=O. The number of benzene rings is 2. The zero-order valence-electron chi connectivity index (χ0n) is 16.0. The van der Waals surface area contributed by atoms with Crippen molar-refractivity contribution in [2.24, 2.45) is 5.92 Å². The van der Waals surface area contributed by atoms with Crippen LogP contribution in [-0.4, -0.2) is 30.5 Å². The van der Waals surface area contributed by atoms with E-state index in [4.69, 9.17) is 9.15 Å². The molecule has 3 aromatic rings. The van der Waals surface area contributed by atoms with Crippen LogP contribution in [0.3, 0.4) is 0 Å². The van der Waals surface area contributed by atoms with Gasteiger partial charge in [0.2, 0.25) is 11.8 Å². The van der Waals surface area contributed by atoms with Crippen LogP contribution >= 0.6 is 0 Å². The van der Waals surface area contributed by atoms with E-state index in [0.29, 0.717) is 40.7 Å². The molecular weight excluding hydrogens is 358 g/mol. The number of ether oxygens (including phenoxy) is 1. The molecule has 0 spiro atoms. The van der Waals surface area contributed by atoms with Crippen molar-refractivity contribution in [1.82, 2.24) is 4.98 Å². The molecule has 1 N–H and O–H groups in total. The van der Waals surface area contributed by atoms with Crippen molar-refractivity contribution in [3.63, 3.8) is 0 Å². The second-order valence-electron chi connectivity index (χ2n) is 6.99. The number of fused-ring (bicyclic) bond motifs is 1. The topological polar surface area (TPSA) is 84.7 Å². The number of oxazole rings is 1. The second-order valence-corrected chi connectivity index (χ2v) is 6.99. The Morgan fingerprint density at radius 2 is 2.07 bits per heavy atom. The summed E-state index contributed by atoms with van der Waals surface area (Å²) < 4.78 is 10.8. The van der Waals surface area contributed by atoms with E-state index in [1.807, 2.05) is 25.1 Å². The summed E-state index contributed by atoms with van der Waals surface area (Å²) in [5, 5.41) is 2.89. The minimum Gasteiger partial charge on any atom is -0.495 e. The molecule has 28 heavy (non-hydrogen) atoms. The average Bonchev–Trinajstić information content (AvgIpc) is 3.23. The number of anilines is 2. The van der Waals surface area contributed by atoms with Crippen molar-refractivity contribution in [1.29, 1.82) is 0 Å². The molecule has 7 heteroatoms. The molecule has 1 aromatic heterocycles. The number of carbonyl (C=O) groups excluding carboxylic acids is 2. The molecule has 2 heterocycles. The molecule has 1 unspecified atom stereocenters. The van der Waals surface area contributed by atoms with Gasteiger partial charge in [-0.25, -0.2) is 4.98 Å². The Hall–Kier alpha value is -3.35. The van der Waals surface area contributed by atoms with E-state index in [-0.39, 0.29) is 18.2 Å². The van der Waals surface area contributed by atoms with Crippen LogP contribution in [0.1, 0.15) is 17.9 Å². The highest BCUT2D eigenvalue weighted by Crippen LogP contribution is 2.34. The van der Waals surface area contributed by atoms with Crippen molar-refractivity contribution in [2.45, 2.75) is 20.3 Å². The van der Waals surface area contributed by atoms with Gasteiger partial charge in [0.25, 0.3) is 0 Å². The highest BCUT2D eigenvalue weighted by molar-refractivity contribution is 6.04. The van der Waals surface area contributed by atoms with Crippen LogP contribution in [0.2, 0.25) is 0 Å². The van der Waals surface area contributed by atoms with E-state index in [9.17, 15) is 9.59 Å². The third kappa shape index (κ3) is 3.31. The first-order valence-corrected chi connectivity index (χ1v) is 9.07. The van der Waals surface area contributed by atoms with E-state index in [2.05, 4.69) is 10.3 Å². The normalized spacial score (nSPS) is 16.6. The quantitative estimate of drug-likeness (QED) is 0.751.